The van der Waals surface area contributed by atoms with E-state index in [-0.39, 0.29) is 15.7 Å². The van der Waals surface area contributed by atoms with Gasteiger partial charge in [-0.05, 0) is 0 Å². The van der Waals surface area contributed by atoms with E-state index in [1.165, 1.54) is 0 Å². The zero-order valence-corrected chi connectivity index (χ0v) is 10.6. The summed E-state index contributed by atoms with van der Waals surface area (Å²) in [5.41, 5.74) is -0.505. The van der Waals surface area contributed by atoms with E-state index in [2.05, 4.69) is 5.32 Å². The minimum atomic E-state index is -4.78. The monoisotopic (exact) mass is 318 g/mol. The summed E-state index contributed by atoms with van der Waals surface area (Å²) >= 11 is 11.3. The molecule has 0 amide bonds. The highest BCUT2D eigenvalue weighted by Crippen LogP contribution is 2.35. The third-order valence-electron chi connectivity index (χ3n) is 2.09. The quantitative estimate of drug-likeness (QED) is 0.660. The molecular weight excluding hydrogens is 312 g/mol. The molecule has 19 heavy (non-hydrogen) atoms. The molecule has 10 heteroatoms. The van der Waals surface area contributed by atoms with E-state index in [4.69, 9.17) is 28.3 Å². The molecule has 5 nitrogen and oxygen atoms in total. The summed E-state index contributed by atoms with van der Waals surface area (Å²) in [6, 6.07) is 1.88. The van der Waals surface area contributed by atoms with Crippen LogP contribution in [0.2, 0.25) is 10.0 Å². The number of anilines is 1. The lowest BCUT2D eigenvalue weighted by Crippen LogP contribution is -2.35. The number of halogens is 5. The first-order chi connectivity index (χ1) is 8.62. The van der Waals surface area contributed by atoms with Gasteiger partial charge in [-0.3, -0.25) is 10.1 Å². The van der Waals surface area contributed by atoms with Crippen LogP contribution < -0.4 is 5.32 Å². The Morgan fingerprint density at radius 2 is 1.84 bits per heavy atom. The average molecular weight is 319 g/mol. The molecular formula is C9H7Cl2F3N2O3. The predicted molar refractivity (Wildman–Crippen MR) is 63.7 cm³/mol. The number of nitro benzene ring substituents is 1. The molecule has 0 fully saturated rings. The van der Waals surface area contributed by atoms with Gasteiger partial charge in [0.25, 0.3) is 5.69 Å². The minimum absolute atomic E-state index is 0.114. The number of hydrogen-bond donors (Lipinski definition) is 2. The number of hydrogen-bond acceptors (Lipinski definition) is 4. The molecule has 2 N–H and O–H groups in total. The van der Waals surface area contributed by atoms with E-state index in [0.717, 1.165) is 12.1 Å². The van der Waals surface area contributed by atoms with Crippen molar-refractivity contribution in [3.63, 3.8) is 0 Å². The molecule has 0 spiro atoms. The van der Waals surface area contributed by atoms with E-state index in [1.54, 1.807) is 0 Å². The van der Waals surface area contributed by atoms with E-state index in [1.807, 2.05) is 0 Å². The number of nitrogens with zero attached hydrogens (tertiary/aromatic N) is 1. The number of aliphatic hydroxyl groups excluding tert-OH is 1. The van der Waals surface area contributed by atoms with Gasteiger partial charge < -0.3 is 10.4 Å². The molecule has 0 aliphatic carbocycles. The van der Waals surface area contributed by atoms with Crippen molar-refractivity contribution in [1.82, 2.24) is 0 Å². The second-order valence-electron chi connectivity index (χ2n) is 3.48. The minimum Gasteiger partial charge on any atom is -0.382 e. The van der Waals surface area contributed by atoms with Crippen LogP contribution in [-0.4, -0.2) is 28.9 Å². The van der Waals surface area contributed by atoms with Gasteiger partial charge in [-0.15, -0.1) is 0 Å². The molecule has 1 aromatic rings. The average Bonchev–Trinajstić information content (AvgIpc) is 2.25. The lowest BCUT2D eigenvalue weighted by molar-refractivity contribution is -0.384. The van der Waals surface area contributed by atoms with Gasteiger partial charge in [-0.2, -0.15) is 13.2 Å². The molecule has 0 aliphatic rings. The molecule has 1 atom stereocenters. The van der Waals surface area contributed by atoms with Crippen molar-refractivity contribution in [2.75, 3.05) is 11.9 Å². The second-order valence-corrected chi connectivity index (χ2v) is 4.29. The fraction of sp³-hybridized carbons (Fsp3) is 0.333. The highest BCUT2D eigenvalue weighted by molar-refractivity contribution is 6.39. The highest BCUT2D eigenvalue weighted by atomic mass is 35.5. The molecule has 1 aromatic carbocycles. The molecule has 1 unspecified atom stereocenters. The van der Waals surface area contributed by atoms with Gasteiger partial charge in [-0.1, -0.05) is 23.2 Å². The Morgan fingerprint density at radius 3 is 2.21 bits per heavy atom. The Labute approximate surface area is 115 Å². The molecule has 0 saturated carbocycles. The topological polar surface area (TPSA) is 75.4 Å². The van der Waals surface area contributed by atoms with Crippen molar-refractivity contribution in [2.24, 2.45) is 0 Å². The Balaban J connectivity index is 2.88. The number of nitro groups is 1. The van der Waals surface area contributed by atoms with Crippen molar-refractivity contribution in [1.29, 1.82) is 0 Å². The van der Waals surface area contributed by atoms with Crippen LogP contribution in [0.4, 0.5) is 24.5 Å². The van der Waals surface area contributed by atoms with E-state index < -0.39 is 29.4 Å². The number of rotatable bonds is 4. The van der Waals surface area contributed by atoms with E-state index in [9.17, 15) is 23.3 Å². The smallest absolute Gasteiger partial charge is 0.382 e. The highest BCUT2D eigenvalue weighted by Gasteiger charge is 2.38. The van der Waals surface area contributed by atoms with Crippen molar-refractivity contribution < 1.29 is 23.2 Å². The van der Waals surface area contributed by atoms with Crippen LogP contribution in [0.15, 0.2) is 12.1 Å². The first-order valence-electron chi connectivity index (χ1n) is 4.75. The first-order valence-corrected chi connectivity index (χ1v) is 5.50. The fourth-order valence-electron chi connectivity index (χ4n) is 1.15. The van der Waals surface area contributed by atoms with Crippen LogP contribution in [0, 0.1) is 10.1 Å². The zero-order chi connectivity index (χ0) is 14.8. The maximum Gasteiger partial charge on any atom is 0.416 e. The Kier molecular flexibility index (Phi) is 4.83. The summed E-state index contributed by atoms with van der Waals surface area (Å²) in [5, 5.41) is 21.1. The number of non-ortho nitro benzene ring substituents is 1. The number of alkyl halides is 3. The lowest BCUT2D eigenvalue weighted by atomic mass is 10.2. The Hall–Kier alpha value is -1.25. The summed E-state index contributed by atoms with van der Waals surface area (Å²) in [5.74, 6) is 0. The third-order valence-corrected chi connectivity index (χ3v) is 2.68. The summed E-state index contributed by atoms with van der Waals surface area (Å²) in [6.45, 7) is -0.874. The van der Waals surface area contributed by atoms with Gasteiger partial charge in [0.1, 0.15) is 0 Å². The van der Waals surface area contributed by atoms with Gasteiger partial charge in [0, 0.05) is 18.7 Å². The summed E-state index contributed by atoms with van der Waals surface area (Å²) in [7, 11) is 0. The van der Waals surface area contributed by atoms with Crippen molar-refractivity contribution >= 4 is 34.6 Å². The first kappa shape index (κ1) is 15.8. The normalized spacial score (nSPS) is 13.2. The van der Waals surface area contributed by atoms with Crippen molar-refractivity contribution in [3.05, 3.63) is 32.3 Å². The molecule has 0 saturated heterocycles. The fourth-order valence-corrected chi connectivity index (χ4v) is 1.76. The van der Waals surface area contributed by atoms with Crippen LogP contribution in [-0.2, 0) is 0 Å². The number of nitrogens with one attached hydrogen (secondary N) is 1. The molecule has 0 radical (unpaired) electrons. The summed E-state index contributed by atoms with van der Waals surface area (Å²) < 4.78 is 36.2. The van der Waals surface area contributed by atoms with Crippen LogP contribution in [0.25, 0.3) is 0 Å². The molecule has 0 aliphatic heterocycles. The van der Waals surface area contributed by atoms with E-state index >= 15 is 0 Å². The summed E-state index contributed by atoms with van der Waals surface area (Å²) in [6.07, 6.45) is -7.39. The van der Waals surface area contributed by atoms with Gasteiger partial charge in [0.15, 0.2) is 6.10 Å². The molecule has 106 valence electrons. The largest absolute Gasteiger partial charge is 0.416 e. The SMILES string of the molecule is O=[N+]([O-])c1cc(Cl)c(NCC(O)C(F)(F)F)c(Cl)c1. The van der Waals surface area contributed by atoms with Gasteiger partial charge in [0.2, 0.25) is 0 Å². The van der Waals surface area contributed by atoms with Crippen LogP contribution in [0.1, 0.15) is 0 Å². The standard InChI is InChI=1S/C9H7Cl2F3N2O3/c10-5-1-4(16(18)19)2-6(11)8(5)15-3-7(17)9(12,13)14/h1-2,7,15,17H,3H2. The van der Waals surface area contributed by atoms with Crippen LogP contribution in [0.5, 0.6) is 0 Å². The number of benzene rings is 1. The van der Waals surface area contributed by atoms with E-state index in [0.29, 0.717) is 0 Å². The van der Waals surface area contributed by atoms with Crippen LogP contribution in [0.3, 0.4) is 0 Å². The van der Waals surface area contributed by atoms with Crippen LogP contribution >= 0.6 is 23.2 Å². The lowest BCUT2D eigenvalue weighted by Gasteiger charge is -2.17. The molecule has 1 rings (SSSR count). The summed E-state index contributed by atoms with van der Waals surface area (Å²) in [4.78, 5) is 9.75. The van der Waals surface area contributed by atoms with Gasteiger partial charge >= 0.3 is 6.18 Å². The second kappa shape index (κ2) is 5.81. The maximum absolute atomic E-state index is 12.1. The molecule has 0 bridgehead atoms. The van der Waals surface area contributed by atoms with Crippen molar-refractivity contribution in [3.8, 4) is 0 Å². The Morgan fingerprint density at radius 1 is 1.37 bits per heavy atom. The third kappa shape index (κ3) is 4.12. The molecule has 0 heterocycles. The zero-order valence-electron chi connectivity index (χ0n) is 9.04. The Bertz CT molecular complexity index is 473. The van der Waals surface area contributed by atoms with Gasteiger partial charge in [-0.25, -0.2) is 0 Å². The molecule has 0 aromatic heterocycles. The number of aliphatic hydroxyl groups is 1. The maximum atomic E-state index is 12.1. The predicted octanol–water partition coefficient (Wildman–Crippen LogP) is 3.24. The van der Waals surface area contributed by atoms with Crippen molar-refractivity contribution in [2.45, 2.75) is 12.3 Å². The van der Waals surface area contributed by atoms with Gasteiger partial charge in [0.05, 0.1) is 20.7 Å².